The third kappa shape index (κ3) is 4.67. The SMILES string of the molecule is CC(C)(C)N(C(=O)O)[C@@H]1C[C@@H](CO)CC[C@@H]1NC(=O)c1cc2cc(Cl)ccc2[nH]1. The van der Waals surface area contributed by atoms with Crippen molar-refractivity contribution in [1.29, 1.82) is 0 Å². The molecule has 1 aliphatic carbocycles. The van der Waals surface area contributed by atoms with Crippen LogP contribution < -0.4 is 5.32 Å². The number of hydrogen-bond acceptors (Lipinski definition) is 3. The Morgan fingerprint density at radius 3 is 2.62 bits per heavy atom. The van der Waals surface area contributed by atoms with E-state index in [1.165, 1.54) is 4.90 Å². The molecule has 1 fully saturated rings. The molecule has 1 aromatic heterocycles. The number of rotatable bonds is 4. The molecule has 2 amide bonds. The number of aliphatic hydroxyl groups excluding tert-OH is 1. The number of H-pyrrole nitrogens is 1. The second-order valence-corrected chi connectivity index (χ2v) is 9.18. The number of carbonyl (C=O) groups is 2. The summed E-state index contributed by atoms with van der Waals surface area (Å²) < 4.78 is 0. The summed E-state index contributed by atoms with van der Waals surface area (Å²) in [6.45, 7) is 5.52. The minimum Gasteiger partial charge on any atom is -0.465 e. The highest BCUT2D eigenvalue weighted by molar-refractivity contribution is 6.31. The Kier molecular flexibility index (Phi) is 6.10. The molecule has 3 atom stereocenters. The Morgan fingerprint density at radius 1 is 1.28 bits per heavy atom. The van der Waals surface area contributed by atoms with Gasteiger partial charge < -0.3 is 20.5 Å². The van der Waals surface area contributed by atoms with Crippen LogP contribution in [-0.4, -0.2) is 56.3 Å². The summed E-state index contributed by atoms with van der Waals surface area (Å²) in [5, 5.41) is 23.9. The van der Waals surface area contributed by atoms with Gasteiger partial charge in [-0.25, -0.2) is 4.79 Å². The quantitative estimate of drug-likeness (QED) is 0.601. The fourth-order valence-corrected chi connectivity index (χ4v) is 4.43. The van der Waals surface area contributed by atoms with Crippen molar-refractivity contribution in [2.75, 3.05) is 6.61 Å². The summed E-state index contributed by atoms with van der Waals surface area (Å²) in [6, 6.07) is 6.34. The van der Waals surface area contributed by atoms with Crippen LogP contribution in [0.2, 0.25) is 5.02 Å². The number of nitrogens with one attached hydrogen (secondary N) is 2. The minimum absolute atomic E-state index is 0.0115. The number of benzene rings is 1. The standard InChI is InChI=1S/C21H28ClN3O4/c1-21(2,3)25(20(28)29)18-8-12(11-26)4-6-16(18)24-19(27)17-10-13-9-14(22)5-7-15(13)23-17/h5,7,9-10,12,16,18,23,26H,4,6,8,11H2,1-3H3,(H,24,27)(H,28,29)/t12-,16-,18+/m0/s1. The van der Waals surface area contributed by atoms with Crippen molar-refractivity contribution in [3.8, 4) is 0 Å². The predicted octanol–water partition coefficient (Wildman–Crippen LogP) is 3.86. The molecule has 8 heteroatoms. The number of aliphatic hydroxyl groups is 1. The molecule has 29 heavy (non-hydrogen) atoms. The van der Waals surface area contributed by atoms with Crippen molar-refractivity contribution in [1.82, 2.24) is 15.2 Å². The molecule has 1 aromatic carbocycles. The van der Waals surface area contributed by atoms with E-state index in [0.717, 1.165) is 17.3 Å². The van der Waals surface area contributed by atoms with E-state index in [1.54, 1.807) is 18.2 Å². The lowest BCUT2D eigenvalue weighted by Gasteiger charge is -2.46. The second kappa shape index (κ2) is 8.24. The molecular weight excluding hydrogens is 394 g/mol. The molecular formula is C21H28ClN3O4. The molecule has 4 N–H and O–H groups in total. The van der Waals surface area contributed by atoms with Gasteiger partial charge in [-0.1, -0.05) is 11.6 Å². The van der Waals surface area contributed by atoms with Gasteiger partial charge in [0.2, 0.25) is 0 Å². The average Bonchev–Trinajstić information content (AvgIpc) is 3.04. The molecule has 0 bridgehead atoms. The van der Waals surface area contributed by atoms with Gasteiger partial charge in [-0.3, -0.25) is 9.69 Å². The zero-order valence-corrected chi connectivity index (χ0v) is 17.7. The number of hydrogen-bond donors (Lipinski definition) is 4. The maximum atomic E-state index is 12.9. The zero-order chi connectivity index (χ0) is 21.3. The van der Waals surface area contributed by atoms with Crippen molar-refractivity contribution in [3.63, 3.8) is 0 Å². The molecule has 158 valence electrons. The van der Waals surface area contributed by atoms with Crippen molar-refractivity contribution in [2.24, 2.45) is 5.92 Å². The smallest absolute Gasteiger partial charge is 0.408 e. The van der Waals surface area contributed by atoms with Gasteiger partial charge in [0.25, 0.3) is 5.91 Å². The van der Waals surface area contributed by atoms with Gasteiger partial charge in [-0.2, -0.15) is 0 Å². The number of carbonyl (C=O) groups excluding carboxylic acids is 1. The third-order valence-corrected chi connectivity index (χ3v) is 5.82. The third-order valence-electron chi connectivity index (χ3n) is 5.59. The summed E-state index contributed by atoms with van der Waals surface area (Å²) in [6.07, 6.45) is 0.819. The highest BCUT2D eigenvalue weighted by Crippen LogP contribution is 2.32. The van der Waals surface area contributed by atoms with Gasteiger partial charge in [-0.05, 0) is 70.2 Å². The van der Waals surface area contributed by atoms with Crippen molar-refractivity contribution >= 4 is 34.5 Å². The van der Waals surface area contributed by atoms with E-state index < -0.39 is 17.7 Å². The van der Waals surface area contributed by atoms with Crippen LogP contribution in [0.5, 0.6) is 0 Å². The zero-order valence-electron chi connectivity index (χ0n) is 16.9. The fraction of sp³-hybridized carbons (Fsp3) is 0.524. The largest absolute Gasteiger partial charge is 0.465 e. The van der Waals surface area contributed by atoms with Gasteiger partial charge in [0.1, 0.15) is 5.69 Å². The molecule has 0 spiro atoms. The van der Waals surface area contributed by atoms with Crippen LogP contribution in [0, 0.1) is 5.92 Å². The van der Waals surface area contributed by atoms with Gasteiger partial charge >= 0.3 is 6.09 Å². The number of carboxylic acid groups (broad SMARTS) is 1. The molecule has 0 saturated heterocycles. The van der Waals surface area contributed by atoms with Crippen LogP contribution in [-0.2, 0) is 0 Å². The Labute approximate surface area is 175 Å². The molecule has 2 aromatic rings. The fourth-order valence-electron chi connectivity index (χ4n) is 4.25. The maximum Gasteiger partial charge on any atom is 0.408 e. The molecule has 0 radical (unpaired) electrons. The van der Waals surface area contributed by atoms with Gasteiger partial charge in [0.15, 0.2) is 0 Å². The van der Waals surface area contributed by atoms with Crippen LogP contribution in [0.3, 0.4) is 0 Å². The Bertz CT molecular complexity index is 905. The number of amides is 2. The topological polar surface area (TPSA) is 106 Å². The summed E-state index contributed by atoms with van der Waals surface area (Å²) >= 11 is 6.02. The van der Waals surface area contributed by atoms with E-state index in [-0.39, 0.29) is 24.5 Å². The number of aromatic nitrogens is 1. The van der Waals surface area contributed by atoms with Crippen molar-refractivity contribution in [2.45, 2.75) is 57.7 Å². The first-order valence-corrected chi connectivity index (χ1v) is 10.2. The average molecular weight is 422 g/mol. The molecule has 0 aliphatic heterocycles. The summed E-state index contributed by atoms with van der Waals surface area (Å²) in [5.41, 5.74) is 0.583. The maximum absolute atomic E-state index is 12.9. The Balaban J connectivity index is 1.85. The first-order valence-electron chi connectivity index (χ1n) is 9.82. The lowest BCUT2D eigenvalue weighted by molar-refractivity contribution is 0.0226. The molecule has 7 nitrogen and oxygen atoms in total. The lowest BCUT2D eigenvalue weighted by Crippen LogP contribution is -2.61. The summed E-state index contributed by atoms with van der Waals surface area (Å²) in [5.74, 6) is -0.262. The summed E-state index contributed by atoms with van der Waals surface area (Å²) in [7, 11) is 0. The van der Waals surface area contributed by atoms with Gasteiger partial charge in [0, 0.05) is 34.1 Å². The van der Waals surface area contributed by atoms with E-state index in [4.69, 9.17) is 11.6 Å². The van der Waals surface area contributed by atoms with Crippen LogP contribution >= 0.6 is 11.6 Å². The second-order valence-electron chi connectivity index (χ2n) is 8.75. The highest BCUT2D eigenvalue weighted by atomic mass is 35.5. The summed E-state index contributed by atoms with van der Waals surface area (Å²) in [4.78, 5) is 29.4. The van der Waals surface area contributed by atoms with Crippen molar-refractivity contribution < 1.29 is 19.8 Å². The van der Waals surface area contributed by atoms with Crippen LogP contribution in [0.4, 0.5) is 4.79 Å². The Hall–Kier alpha value is -2.25. The Morgan fingerprint density at radius 2 is 2.00 bits per heavy atom. The molecule has 0 unspecified atom stereocenters. The monoisotopic (exact) mass is 421 g/mol. The van der Waals surface area contributed by atoms with E-state index >= 15 is 0 Å². The highest BCUT2D eigenvalue weighted by Gasteiger charge is 2.42. The first kappa shape index (κ1) is 21.5. The predicted molar refractivity (Wildman–Crippen MR) is 112 cm³/mol. The number of aromatic amines is 1. The molecule has 3 rings (SSSR count). The van der Waals surface area contributed by atoms with Crippen LogP contribution in [0.25, 0.3) is 10.9 Å². The van der Waals surface area contributed by atoms with Gasteiger partial charge in [-0.15, -0.1) is 0 Å². The number of nitrogens with zero attached hydrogens (tertiary/aromatic N) is 1. The molecule has 1 aliphatic rings. The van der Waals surface area contributed by atoms with E-state index in [2.05, 4.69) is 10.3 Å². The van der Waals surface area contributed by atoms with Crippen molar-refractivity contribution in [3.05, 3.63) is 35.0 Å². The van der Waals surface area contributed by atoms with Gasteiger partial charge in [0.05, 0.1) is 6.04 Å². The first-order chi connectivity index (χ1) is 13.6. The van der Waals surface area contributed by atoms with Crippen LogP contribution in [0.15, 0.2) is 24.3 Å². The van der Waals surface area contributed by atoms with E-state index in [1.807, 2.05) is 26.8 Å². The number of fused-ring (bicyclic) bond motifs is 1. The minimum atomic E-state index is -1.03. The number of halogens is 1. The lowest BCUT2D eigenvalue weighted by atomic mass is 9.80. The normalized spacial score (nSPS) is 22.4. The van der Waals surface area contributed by atoms with Crippen LogP contribution in [0.1, 0.15) is 50.5 Å². The molecule has 1 heterocycles. The van der Waals surface area contributed by atoms with E-state index in [0.29, 0.717) is 23.6 Å². The van der Waals surface area contributed by atoms with E-state index in [9.17, 15) is 19.8 Å². The molecule has 1 saturated carbocycles.